The Morgan fingerprint density at radius 1 is 1.26 bits per heavy atom. The number of fused-ring (bicyclic) bond motifs is 2. The van der Waals surface area contributed by atoms with Crippen molar-refractivity contribution in [1.82, 2.24) is 4.98 Å². The minimum atomic E-state index is -0.708. The fourth-order valence-electron chi connectivity index (χ4n) is 2.29. The molecule has 1 N–H and O–H groups in total. The van der Waals surface area contributed by atoms with Crippen molar-refractivity contribution in [3.63, 3.8) is 0 Å². The van der Waals surface area contributed by atoms with Crippen LogP contribution < -0.4 is 14.8 Å². The van der Waals surface area contributed by atoms with E-state index in [9.17, 15) is 4.79 Å². The standard InChI is InChI=1S/C16H11ClN2O3S/c17-9-5-6-10-14(7-9)23-16(18-10)19-15(20)13-8-21-11-3-1-2-4-12(11)22-13/h1-7,13H,8H2,(H,18,19,20). The molecular weight excluding hydrogens is 336 g/mol. The number of hydrogen-bond acceptors (Lipinski definition) is 5. The molecule has 1 unspecified atom stereocenters. The molecule has 3 aromatic rings. The first-order chi connectivity index (χ1) is 11.2. The van der Waals surface area contributed by atoms with Crippen molar-refractivity contribution < 1.29 is 14.3 Å². The maximum atomic E-state index is 12.3. The Balaban J connectivity index is 1.51. The summed E-state index contributed by atoms with van der Waals surface area (Å²) >= 11 is 7.32. The predicted octanol–water partition coefficient (Wildman–Crippen LogP) is 3.73. The number of carbonyl (C=O) groups is 1. The number of rotatable bonds is 2. The maximum Gasteiger partial charge on any atom is 0.270 e. The second-order valence-electron chi connectivity index (χ2n) is 4.98. The minimum absolute atomic E-state index is 0.166. The molecule has 1 aliphatic rings. The van der Waals surface area contributed by atoms with Gasteiger partial charge in [-0.15, -0.1) is 0 Å². The summed E-state index contributed by atoms with van der Waals surface area (Å²) in [4.78, 5) is 16.7. The van der Waals surface area contributed by atoms with Gasteiger partial charge in [0.05, 0.1) is 10.2 Å². The molecule has 0 aliphatic carbocycles. The van der Waals surface area contributed by atoms with Crippen LogP contribution in [0.4, 0.5) is 5.13 Å². The van der Waals surface area contributed by atoms with E-state index in [1.165, 1.54) is 11.3 Å². The predicted molar refractivity (Wildman–Crippen MR) is 89.6 cm³/mol. The van der Waals surface area contributed by atoms with Crippen LogP contribution in [0.25, 0.3) is 10.2 Å². The van der Waals surface area contributed by atoms with E-state index in [1.807, 2.05) is 24.3 Å². The average molecular weight is 347 g/mol. The zero-order valence-corrected chi connectivity index (χ0v) is 13.4. The van der Waals surface area contributed by atoms with Crippen LogP contribution in [0.1, 0.15) is 0 Å². The van der Waals surface area contributed by atoms with Gasteiger partial charge in [0, 0.05) is 5.02 Å². The van der Waals surface area contributed by atoms with E-state index in [0.717, 1.165) is 10.2 Å². The number of aromatic nitrogens is 1. The number of thiazole rings is 1. The van der Waals surface area contributed by atoms with E-state index in [0.29, 0.717) is 21.7 Å². The Kier molecular flexibility index (Phi) is 3.55. The molecule has 1 aliphatic heterocycles. The average Bonchev–Trinajstić information content (AvgIpc) is 2.95. The van der Waals surface area contributed by atoms with Crippen LogP contribution in [0.2, 0.25) is 5.02 Å². The fourth-order valence-corrected chi connectivity index (χ4v) is 3.43. The summed E-state index contributed by atoms with van der Waals surface area (Å²) in [6, 6.07) is 12.7. The molecule has 0 spiro atoms. The van der Waals surface area contributed by atoms with Gasteiger partial charge in [-0.2, -0.15) is 0 Å². The van der Waals surface area contributed by atoms with Gasteiger partial charge in [0.1, 0.15) is 6.61 Å². The number of benzene rings is 2. The number of ether oxygens (including phenoxy) is 2. The molecule has 23 heavy (non-hydrogen) atoms. The highest BCUT2D eigenvalue weighted by Crippen LogP contribution is 2.32. The second kappa shape index (κ2) is 5.72. The van der Waals surface area contributed by atoms with Gasteiger partial charge < -0.3 is 9.47 Å². The molecule has 7 heteroatoms. The van der Waals surface area contributed by atoms with Crippen molar-refractivity contribution in [3.05, 3.63) is 47.5 Å². The summed E-state index contributed by atoms with van der Waals surface area (Å²) in [5.74, 6) is 0.922. The SMILES string of the molecule is O=C(Nc1nc2ccc(Cl)cc2s1)C1COc2ccccc2O1. The molecule has 0 radical (unpaired) electrons. The van der Waals surface area contributed by atoms with E-state index in [1.54, 1.807) is 18.2 Å². The second-order valence-corrected chi connectivity index (χ2v) is 6.45. The van der Waals surface area contributed by atoms with Crippen LogP contribution in [-0.4, -0.2) is 23.6 Å². The lowest BCUT2D eigenvalue weighted by Crippen LogP contribution is -2.40. The quantitative estimate of drug-likeness (QED) is 0.768. The molecule has 0 saturated heterocycles. The number of amides is 1. The lowest BCUT2D eigenvalue weighted by Gasteiger charge is -2.25. The number of nitrogens with zero attached hydrogens (tertiary/aromatic N) is 1. The highest BCUT2D eigenvalue weighted by molar-refractivity contribution is 7.22. The smallest absolute Gasteiger partial charge is 0.270 e. The van der Waals surface area contributed by atoms with Gasteiger partial charge in [-0.1, -0.05) is 35.1 Å². The van der Waals surface area contributed by atoms with Crippen molar-refractivity contribution in [1.29, 1.82) is 0 Å². The largest absolute Gasteiger partial charge is 0.485 e. The Labute approximate surface area is 140 Å². The third kappa shape index (κ3) is 2.83. The van der Waals surface area contributed by atoms with Gasteiger partial charge in [-0.05, 0) is 30.3 Å². The monoisotopic (exact) mass is 346 g/mol. The summed E-state index contributed by atoms with van der Waals surface area (Å²) in [5.41, 5.74) is 0.792. The molecule has 5 nitrogen and oxygen atoms in total. The topological polar surface area (TPSA) is 60.5 Å². The Bertz CT molecular complexity index is 896. The van der Waals surface area contributed by atoms with Gasteiger partial charge in [0.2, 0.25) is 6.10 Å². The first-order valence-corrected chi connectivity index (χ1v) is 8.14. The van der Waals surface area contributed by atoms with Crippen LogP contribution in [0.3, 0.4) is 0 Å². The number of halogens is 1. The highest BCUT2D eigenvalue weighted by atomic mass is 35.5. The Hall–Kier alpha value is -2.31. The molecule has 116 valence electrons. The zero-order valence-electron chi connectivity index (χ0n) is 11.8. The molecule has 2 aromatic carbocycles. The first kappa shape index (κ1) is 14.3. The van der Waals surface area contributed by atoms with Crippen molar-refractivity contribution in [2.24, 2.45) is 0 Å². The van der Waals surface area contributed by atoms with Crippen LogP contribution in [0.5, 0.6) is 11.5 Å². The van der Waals surface area contributed by atoms with E-state index in [4.69, 9.17) is 21.1 Å². The van der Waals surface area contributed by atoms with Crippen molar-refractivity contribution >= 4 is 44.2 Å². The van der Waals surface area contributed by atoms with Crippen LogP contribution in [0.15, 0.2) is 42.5 Å². The summed E-state index contributed by atoms with van der Waals surface area (Å²) < 4.78 is 12.1. The van der Waals surface area contributed by atoms with Crippen LogP contribution in [-0.2, 0) is 4.79 Å². The number of anilines is 1. The fraction of sp³-hybridized carbons (Fsp3) is 0.125. The van der Waals surface area contributed by atoms with E-state index >= 15 is 0 Å². The van der Waals surface area contributed by atoms with Crippen molar-refractivity contribution in [3.8, 4) is 11.5 Å². The molecule has 1 aromatic heterocycles. The molecule has 1 atom stereocenters. The third-order valence-corrected chi connectivity index (χ3v) is 4.55. The molecule has 0 fully saturated rings. The minimum Gasteiger partial charge on any atom is -0.485 e. The van der Waals surface area contributed by atoms with Crippen molar-refractivity contribution in [2.45, 2.75) is 6.10 Å². The van der Waals surface area contributed by atoms with E-state index < -0.39 is 6.10 Å². The van der Waals surface area contributed by atoms with E-state index in [-0.39, 0.29) is 12.5 Å². The lowest BCUT2D eigenvalue weighted by atomic mass is 10.2. The highest BCUT2D eigenvalue weighted by Gasteiger charge is 2.27. The summed E-state index contributed by atoms with van der Waals surface area (Å²) in [6.07, 6.45) is -0.708. The Morgan fingerprint density at radius 3 is 2.96 bits per heavy atom. The van der Waals surface area contributed by atoms with Gasteiger partial charge >= 0.3 is 0 Å². The first-order valence-electron chi connectivity index (χ1n) is 6.94. The zero-order chi connectivity index (χ0) is 15.8. The molecule has 0 saturated carbocycles. The van der Waals surface area contributed by atoms with Gasteiger partial charge in [-0.25, -0.2) is 4.98 Å². The maximum absolute atomic E-state index is 12.3. The number of para-hydroxylation sites is 2. The molecule has 2 heterocycles. The number of hydrogen-bond donors (Lipinski definition) is 1. The van der Waals surface area contributed by atoms with Gasteiger partial charge in [0.15, 0.2) is 16.6 Å². The van der Waals surface area contributed by atoms with Crippen LogP contribution >= 0.6 is 22.9 Å². The normalized spacial score (nSPS) is 16.3. The molecule has 0 bridgehead atoms. The van der Waals surface area contributed by atoms with E-state index in [2.05, 4.69) is 10.3 Å². The Morgan fingerprint density at radius 2 is 2.09 bits per heavy atom. The molecular formula is C16H11ClN2O3S. The summed E-state index contributed by atoms with van der Waals surface area (Å²) in [5, 5.41) is 3.92. The molecule has 4 rings (SSSR count). The van der Waals surface area contributed by atoms with Crippen LogP contribution in [0, 0.1) is 0 Å². The third-order valence-electron chi connectivity index (χ3n) is 3.38. The van der Waals surface area contributed by atoms with Gasteiger partial charge in [0.25, 0.3) is 5.91 Å². The lowest BCUT2D eigenvalue weighted by molar-refractivity contribution is -0.125. The summed E-state index contributed by atoms with van der Waals surface area (Å²) in [7, 11) is 0. The van der Waals surface area contributed by atoms with Gasteiger partial charge in [-0.3, -0.25) is 10.1 Å². The summed E-state index contributed by atoms with van der Waals surface area (Å²) in [6.45, 7) is 0.166. The molecule has 1 amide bonds. The number of carbonyl (C=O) groups excluding carboxylic acids is 1. The number of nitrogens with one attached hydrogen (secondary N) is 1. The van der Waals surface area contributed by atoms with Crippen molar-refractivity contribution in [2.75, 3.05) is 11.9 Å².